The summed E-state index contributed by atoms with van der Waals surface area (Å²) in [5, 5.41) is 4.55. The van der Waals surface area contributed by atoms with Gasteiger partial charge >= 0.3 is 0 Å². The molecule has 0 aliphatic heterocycles. The van der Waals surface area contributed by atoms with Gasteiger partial charge in [-0.3, -0.25) is 7.91 Å². The van der Waals surface area contributed by atoms with Crippen LogP contribution in [-0.2, 0) is 0 Å². The topological polar surface area (TPSA) is 37.6 Å². The minimum absolute atomic E-state index is 0.0503. The molecule has 0 saturated heterocycles. The Morgan fingerprint density at radius 2 is 1.85 bits per heavy atom. The molecule has 0 radical (unpaired) electrons. The molecule has 2 aromatic heterocycles. The lowest BCUT2D eigenvalue weighted by molar-refractivity contribution is 0.0908. The fourth-order valence-corrected chi connectivity index (χ4v) is 2.40. The maximum Gasteiger partial charge on any atom is 0.266 e. The summed E-state index contributed by atoms with van der Waals surface area (Å²) in [6.07, 6.45) is 1.85. The highest BCUT2D eigenvalue weighted by molar-refractivity contribution is 14.1. The SMILES string of the molecule is CN(I)C(=O)c1c(-c2ccccc2)nn2ccccc12. The lowest BCUT2D eigenvalue weighted by atomic mass is 10.1. The molecule has 1 amide bonds. The molecule has 0 spiro atoms. The van der Waals surface area contributed by atoms with E-state index < -0.39 is 0 Å². The summed E-state index contributed by atoms with van der Waals surface area (Å²) in [6, 6.07) is 15.5. The molecule has 3 rings (SSSR count). The molecule has 0 aliphatic rings. The molecule has 0 atom stereocenters. The van der Waals surface area contributed by atoms with Gasteiger partial charge in [0.2, 0.25) is 0 Å². The van der Waals surface area contributed by atoms with Crippen LogP contribution in [0.25, 0.3) is 16.8 Å². The first kappa shape index (κ1) is 13.1. The molecule has 0 N–H and O–H groups in total. The highest BCUT2D eigenvalue weighted by Gasteiger charge is 2.22. The van der Waals surface area contributed by atoms with Crippen LogP contribution in [0.2, 0.25) is 0 Å². The number of aromatic nitrogens is 2. The van der Waals surface area contributed by atoms with Crippen molar-refractivity contribution in [2.45, 2.75) is 0 Å². The van der Waals surface area contributed by atoms with Gasteiger partial charge < -0.3 is 0 Å². The van der Waals surface area contributed by atoms with Gasteiger partial charge in [-0.2, -0.15) is 5.10 Å². The molecule has 2 heterocycles. The van der Waals surface area contributed by atoms with Gasteiger partial charge in [0.15, 0.2) is 0 Å². The number of amides is 1. The van der Waals surface area contributed by atoms with E-state index in [0.717, 1.165) is 11.1 Å². The number of benzene rings is 1. The van der Waals surface area contributed by atoms with Crippen molar-refractivity contribution >= 4 is 34.3 Å². The molecule has 0 aliphatic carbocycles. The van der Waals surface area contributed by atoms with E-state index in [1.165, 1.54) is 0 Å². The van der Waals surface area contributed by atoms with Gasteiger partial charge in [-0.15, -0.1) is 0 Å². The van der Waals surface area contributed by atoms with E-state index >= 15 is 0 Å². The van der Waals surface area contributed by atoms with Gasteiger partial charge in [-0.25, -0.2) is 4.52 Å². The van der Waals surface area contributed by atoms with Crippen LogP contribution in [0.4, 0.5) is 0 Å². The summed E-state index contributed by atoms with van der Waals surface area (Å²) in [5.41, 5.74) is 3.11. The number of halogens is 1. The zero-order valence-electron chi connectivity index (χ0n) is 10.8. The molecule has 3 aromatic rings. The quantitative estimate of drug-likeness (QED) is 0.507. The predicted molar refractivity (Wildman–Crippen MR) is 86.7 cm³/mol. The number of rotatable bonds is 2. The number of carbonyl (C=O) groups is 1. The summed E-state index contributed by atoms with van der Waals surface area (Å²) >= 11 is 1.99. The van der Waals surface area contributed by atoms with E-state index in [9.17, 15) is 4.79 Å². The van der Waals surface area contributed by atoms with Crippen molar-refractivity contribution in [2.75, 3.05) is 7.05 Å². The minimum atomic E-state index is -0.0503. The van der Waals surface area contributed by atoms with Crippen LogP contribution in [-0.4, -0.2) is 25.7 Å². The Bertz CT molecular complexity index is 765. The Kier molecular flexibility index (Phi) is 3.43. The zero-order chi connectivity index (χ0) is 14.1. The van der Waals surface area contributed by atoms with Crippen LogP contribution in [0.15, 0.2) is 54.7 Å². The lowest BCUT2D eigenvalue weighted by Gasteiger charge is -2.08. The normalized spacial score (nSPS) is 10.7. The van der Waals surface area contributed by atoms with E-state index in [2.05, 4.69) is 5.10 Å². The van der Waals surface area contributed by atoms with Gasteiger partial charge in [0.1, 0.15) is 5.69 Å². The number of fused-ring (bicyclic) bond motifs is 1. The maximum atomic E-state index is 12.5. The number of hydrogen-bond donors (Lipinski definition) is 0. The first-order chi connectivity index (χ1) is 9.68. The third-order valence-corrected chi connectivity index (χ3v) is 3.52. The fourth-order valence-electron chi connectivity index (χ4n) is 2.16. The van der Waals surface area contributed by atoms with Crippen molar-refractivity contribution in [3.8, 4) is 11.3 Å². The van der Waals surface area contributed by atoms with Crippen molar-refractivity contribution in [2.24, 2.45) is 0 Å². The van der Waals surface area contributed by atoms with Crippen LogP contribution in [0.1, 0.15) is 10.4 Å². The molecule has 4 nitrogen and oxygen atoms in total. The summed E-state index contributed by atoms with van der Waals surface area (Å²) in [5.74, 6) is -0.0503. The Labute approximate surface area is 130 Å². The predicted octanol–water partition coefficient (Wildman–Crippen LogP) is 3.42. The van der Waals surface area contributed by atoms with Crippen molar-refractivity contribution in [3.63, 3.8) is 0 Å². The summed E-state index contributed by atoms with van der Waals surface area (Å²) in [4.78, 5) is 12.5. The average molecular weight is 377 g/mol. The molecule has 0 saturated carbocycles. The van der Waals surface area contributed by atoms with E-state index in [-0.39, 0.29) is 5.91 Å². The van der Waals surface area contributed by atoms with Crippen LogP contribution in [0.3, 0.4) is 0 Å². The molecule has 0 fully saturated rings. The van der Waals surface area contributed by atoms with Crippen LogP contribution >= 0.6 is 22.9 Å². The van der Waals surface area contributed by atoms with Crippen molar-refractivity contribution < 1.29 is 4.79 Å². The third kappa shape index (κ3) is 2.18. The van der Waals surface area contributed by atoms with Gasteiger partial charge in [0, 0.05) is 18.8 Å². The van der Waals surface area contributed by atoms with Crippen molar-refractivity contribution in [1.29, 1.82) is 0 Å². The summed E-state index contributed by atoms with van der Waals surface area (Å²) in [6.45, 7) is 0. The second-order valence-electron chi connectivity index (χ2n) is 4.40. The van der Waals surface area contributed by atoms with Gasteiger partial charge in [-0.05, 0) is 12.1 Å². The van der Waals surface area contributed by atoms with Crippen molar-refractivity contribution in [1.82, 2.24) is 12.7 Å². The fraction of sp³-hybridized carbons (Fsp3) is 0.0667. The van der Waals surface area contributed by atoms with Gasteiger partial charge in [0.25, 0.3) is 5.91 Å². The molecular weight excluding hydrogens is 365 g/mol. The summed E-state index contributed by atoms with van der Waals surface area (Å²) < 4.78 is 3.30. The molecule has 1 aromatic carbocycles. The second kappa shape index (κ2) is 5.24. The summed E-state index contributed by atoms with van der Waals surface area (Å²) in [7, 11) is 1.74. The molecule has 20 heavy (non-hydrogen) atoms. The molecule has 0 bridgehead atoms. The van der Waals surface area contributed by atoms with Gasteiger partial charge in [0.05, 0.1) is 33.9 Å². The van der Waals surface area contributed by atoms with E-state index in [1.807, 2.05) is 77.6 Å². The molecule has 0 unspecified atom stereocenters. The monoisotopic (exact) mass is 377 g/mol. The average Bonchev–Trinajstić information content (AvgIpc) is 2.86. The van der Waals surface area contributed by atoms with E-state index in [1.54, 1.807) is 14.7 Å². The van der Waals surface area contributed by atoms with Crippen LogP contribution < -0.4 is 0 Å². The smallest absolute Gasteiger partial charge is 0.266 e. The van der Waals surface area contributed by atoms with E-state index in [4.69, 9.17) is 0 Å². The zero-order valence-corrected chi connectivity index (χ0v) is 13.0. The number of carbonyl (C=O) groups excluding carboxylic acids is 1. The Balaban J connectivity index is 2.31. The largest absolute Gasteiger partial charge is 0.284 e. The number of pyridine rings is 1. The molecule has 5 heteroatoms. The standard InChI is InChI=1S/C15H12IN3O/c1-18(16)15(20)13-12-9-5-6-10-19(12)17-14(13)11-7-3-2-4-8-11/h2-10H,1H3. The van der Waals surface area contributed by atoms with E-state index in [0.29, 0.717) is 11.3 Å². The van der Waals surface area contributed by atoms with Gasteiger partial charge in [-0.1, -0.05) is 36.4 Å². The third-order valence-electron chi connectivity index (χ3n) is 3.08. The first-order valence-electron chi connectivity index (χ1n) is 6.15. The Hall–Kier alpha value is -1.89. The Morgan fingerprint density at radius 3 is 2.55 bits per heavy atom. The van der Waals surface area contributed by atoms with Crippen LogP contribution in [0.5, 0.6) is 0 Å². The van der Waals surface area contributed by atoms with Crippen LogP contribution in [0, 0.1) is 0 Å². The number of nitrogens with zero attached hydrogens (tertiary/aromatic N) is 3. The highest BCUT2D eigenvalue weighted by atomic mass is 127. The first-order valence-corrected chi connectivity index (χ1v) is 7.11. The Morgan fingerprint density at radius 1 is 1.15 bits per heavy atom. The maximum absolute atomic E-state index is 12.5. The molecule has 100 valence electrons. The molecular formula is C15H12IN3O. The highest BCUT2D eigenvalue weighted by Crippen LogP contribution is 2.27. The minimum Gasteiger partial charge on any atom is -0.284 e. The number of hydrogen-bond acceptors (Lipinski definition) is 2. The second-order valence-corrected chi connectivity index (χ2v) is 5.85. The van der Waals surface area contributed by atoms with Crippen molar-refractivity contribution in [3.05, 3.63) is 60.3 Å². The lowest BCUT2D eigenvalue weighted by Crippen LogP contribution is -2.16.